The molecule has 0 fully saturated rings. The van der Waals surface area contributed by atoms with Crippen molar-refractivity contribution in [2.75, 3.05) is 0 Å². The molecule has 1 heterocycles. The van der Waals surface area contributed by atoms with E-state index in [1.807, 2.05) is 64.1 Å². The van der Waals surface area contributed by atoms with Crippen LogP contribution in [-0.2, 0) is 5.21 Å². The third kappa shape index (κ3) is 2.24. The Hall–Kier alpha value is -1.45. The van der Waals surface area contributed by atoms with Crippen molar-refractivity contribution in [1.29, 1.82) is 0 Å². The molecular formula is C15H19N2O. The summed E-state index contributed by atoms with van der Waals surface area (Å²) in [5.41, 5.74) is 0.867. The highest BCUT2D eigenvalue weighted by Crippen LogP contribution is 2.37. The van der Waals surface area contributed by atoms with Crippen molar-refractivity contribution >= 4 is 11.9 Å². The zero-order chi connectivity index (χ0) is 13.4. The molecule has 1 radical (unpaired) electrons. The van der Waals surface area contributed by atoms with Gasteiger partial charge in [-0.1, -0.05) is 24.3 Å². The van der Waals surface area contributed by atoms with Gasteiger partial charge in [0.2, 0.25) is 0 Å². The third-order valence-electron chi connectivity index (χ3n) is 3.36. The highest BCUT2D eigenvalue weighted by Gasteiger charge is 2.45. The Morgan fingerprint density at radius 1 is 1.11 bits per heavy atom. The highest BCUT2D eigenvalue weighted by atomic mass is 16.5. The standard InChI is InChI=1S/C15H19N2O/c1-14(2)10-12(15(3,4)17(14)18)11-16-13-8-6-5-7-9-13/h5-11H,1-4H3. The lowest BCUT2D eigenvalue weighted by molar-refractivity contribution is -0.237. The van der Waals surface area contributed by atoms with E-state index in [4.69, 9.17) is 0 Å². The maximum absolute atomic E-state index is 12.2. The summed E-state index contributed by atoms with van der Waals surface area (Å²) < 4.78 is 0. The van der Waals surface area contributed by atoms with Gasteiger partial charge in [-0.15, -0.1) is 10.3 Å². The van der Waals surface area contributed by atoms with Crippen LogP contribution in [0.3, 0.4) is 0 Å². The van der Waals surface area contributed by atoms with Crippen LogP contribution in [-0.4, -0.2) is 22.4 Å². The predicted molar refractivity (Wildman–Crippen MR) is 73.4 cm³/mol. The van der Waals surface area contributed by atoms with Crippen molar-refractivity contribution in [3.8, 4) is 0 Å². The summed E-state index contributed by atoms with van der Waals surface area (Å²) in [6.07, 6.45) is 3.79. The monoisotopic (exact) mass is 243 g/mol. The van der Waals surface area contributed by atoms with Crippen LogP contribution in [0.4, 0.5) is 5.69 Å². The Balaban J connectivity index is 2.27. The van der Waals surface area contributed by atoms with Crippen molar-refractivity contribution in [1.82, 2.24) is 5.06 Å². The number of hydrogen-bond donors (Lipinski definition) is 0. The number of hydrogen-bond acceptors (Lipinski definition) is 2. The van der Waals surface area contributed by atoms with Gasteiger partial charge >= 0.3 is 0 Å². The Bertz CT molecular complexity index is 486. The molecule has 0 saturated carbocycles. The van der Waals surface area contributed by atoms with Crippen LogP contribution < -0.4 is 0 Å². The average molecular weight is 243 g/mol. The number of benzene rings is 1. The minimum atomic E-state index is -0.526. The molecule has 0 spiro atoms. The summed E-state index contributed by atoms with van der Waals surface area (Å²) in [5.74, 6) is 0. The van der Waals surface area contributed by atoms with Gasteiger partial charge in [0.25, 0.3) is 0 Å². The molecule has 1 aromatic rings. The molecule has 1 aliphatic heterocycles. The minimum Gasteiger partial charge on any atom is -0.257 e. The molecule has 2 rings (SSSR count). The van der Waals surface area contributed by atoms with E-state index in [-0.39, 0.29) is 0 Å². The Kier molecular flexibility index (Phi) is 3.13. The molecule has 0 amide bonds. The number of rotatable bonds is 2. The number of aliphatic imine (C=N–C) groups is 1. The van der Waals surface area contributed by atoms with Crippen molar-refractivity contribution in [3.05, 3.63) is 42.0 Å². The van der Waals surface area contributed by atoms with Gasteiger partial charge in [-0.3, -0.25) is 4.99 Å². The van der Waals surface area contributed by atoms with E-state index in [0.29, 0.717) is 0 Å². The molecule has 95 valence electrons. The van der Waals surface area contributed by atoms with E-state index >= 15 is 0 Å². The predicted octanol–water partition coefficient (Wildman–Crippen LogP) is 3.53. The van der Waals surface area contributed by atoms with Crippen molar-refractivity contribution < 1.29 is 5.21 Å². The molecule has 0 bridgehead atoms. The van der Waals surface area contributed by atoms with E-state index in [9.17, 15) is 5.21 Å². The molecule has 0 atom stereocenters. The van der Waals surface area contributed by atoms with Crippen molar-refractivity contribution in [3.63, 3.8) is 0 Å². The molecule has 0 aromatic heterocycles. The molecule has 1 aliphatic rings. The number of hydroxylamine groups is 2. The first-order valence-corrected chi connectivity index (χ1v) is 6.14. The highest BCUT2D eigenvalue weighted by molar-refractivity contribution is 5.85. The lowest BCUT2D eigenvalue weighted by Crippen LogP contribution is -2.46. The molecule has 3 nitrogen and oxygen atoms in total. The first-order valence-electron chi connectivity index (χ1n) is 6.14. The normalized spacial score (nSPS) is 22.4. The lowest BCUT2D eigenvalue weighted by atomic mass is 9.98. The summed E-state index contributed by atoms with van der Waals surface area (Å²) in [6, 6.07) is 9.74. The van der Waals surface area contributed by atoms with Gasteiger partial charge in [0, 0.05) is 6.21 Å². The average Bonchev–Trinajstić information content (AvgIpc) is 2.48. The summed E-state index contributed by atoms with van der Waals surface area (Å²) >= 11 is 0. The topological polar surface area (TPSA) is 35.5 Å². The Morgan fingerprint density at radius 3 is 2.22 bits per heavy atom. The lowest BCUT2D eigenvalue weighted by Gasteiger charge is -2.33. The van der Waals surface area contributed by atoms with Gasteiger partial charge in [0.05, 0.1) is 16.8 Å². The molecule has 1 aromatic carbocycles. The van der Waals surface area contributed by atoms with Crippen LogP contribution in [0, 0.1) is 0 Å². The maximum atomic E-state index is 12.2. The molecular weight excluding hydrogens is 224 g/mol. The van der Waals surface area contributed by atoms with Crippen LogP contribution in [0.15, 0.2) is 47.0 Å². The Morgan fingerprint density at radius 2 is 1.72 bits per heavy atom. The van der Waals surface area contributed by atoms with E-state index < -0.39 is 11.1 Å². The number of para-hydroxylation sites is 1. The number of nitrogens with zero attached hydrogens (tertiary/aromatic N) is 2. The second kappa shape index (κ2) is 4.34. The first-order chi connectivity index (χ1) is 8.34. The van der Waals surface area contributed by atoms with Crippen LogP contribution in [0.25, 0.3) is 0 Å². The summed E-state index contributed by atoms with van der Waals surface area (Å²) in [4.78, 5) is 4.43. The van der Waals surface area contributed by atoms with Gasteiger partial charge in [0.1, 0.15) is 0 Å². The van der Waals surface area contributed by atoms with Gasteiger partial charge in [-0.25, -0.2) is 0 Å². The van der Waals surface area contributed by atoms with Crippen LogP contribution in [0.5, 0.6) is 0 Å². The fourth-order valence-electron chi connectivity index (χ4n) is 2.31. The zero-order valence-electron chi connectivity index (χ0n) is 11.3. The van der Waals surface area contributed by atoms with E-state index in [0.717, 1.165) is 16.3 Å². The molecule has 0 unspecified atom stereocenters. The minimum absolute atomic E-state index is 0.471. The van der Waals surface area contributed by atoms with Crippen molar-refractivity contribution in [2.24, 2.45) is 4.99 Å². The second-order valence-corrected chi connectivity index (χ2v) is 5.70. The fraction of sp³-hybridized carbons (Fsp3) is 0.400. The first kappa shape index (κ1) is 13.0. The van der Waals surface area contributed by atoms with Gasteiger partial charge in [-0.05, 0) is 45.4 Å². The fourth-order valence-corrected chi connectivity index (χ4v) is 2.31. The summed E-state index contributed by atoms with van der Waals surface area (Å²) in [6.45, 7) is 7.70. The van der Waals surface area contributed by atoms with Crippen molar-refractivity contribution in [2.45, 2.75) is 38.8 Å². The van der Waals surface area contributed by atoms with E-state index in [1.54, 1.807) is 6.21 Å². The molecule has 0 aliphatic carbocycles. The van der Waals surface area contributed by atoms with Gasteiger partial charge < -0.3 is 0 Å². The van der Waals surface area contributed by atoms with E-state index in [2.05, 4.69) is 4.99 Å². The van der Waals surface area contributed by atoms with E-state index in [1.165, 1.54) is 0 Å². The largest absolute Gasteiger partial charge is 0.257 e. The quantitative estimate of drug-likeness (QED) is 0.732. The second-order valence-electron chi connectivity index (χ2n) is 5.70. The maximum Gasteiger partial charge on any atom is 0.0707 e. The molecule has 0 N–H and O–H groups in total. The SMILES string of the molecule is CC1(C)C=C(C=Nc2ccccc2)C(C)(C)N1[O]. The molecule has 3 heteroatoms. The van der Waals surface area contributed by atoms with Crippen LogP contribution >= 0.6 is 0 Å². The van der Waals surface area contributed by atoms with Crippen LogP contribution in [0.1, 0.15) is 27.7 Å². The van der Waals surface area contributed by atoms with Crippen LogP contribution in [0.2, 0.25) is 0 Å². The Labute approximate surface area is 108 Å². The summed E-state index contributed by atoms with van der Waals surface area (Å²) in [5, 5.41) is 13.3. The summed E-state index contributed by atoms with van der Waals surface area (Å²) in [7, 11) is 0. The zero-order valence-corrected chi connectivity index (χ0v) is 11.3. The molecule has 18 heavy (non-hydrogen) atoms. The smallest absolute Gasteiger partial charge is 0.0707 e. The van der Waals surface area contributed by atoms with Gasteiger partial charge in [0.15, 0.2) is 0 Å². The third-order valence-corrected chi connectivity index (χ3v) is 3.36. The molecule has 0 saturated heterocycles. The van der Waals surface area contributed by atoms with Gasteiger partial charge in [-0.2, -0.15) is 0 Å².